The normalized spacial score (nSPS) is 18.8. The summed E-state index contributed by atoms with van der Waals surface area (Å²) in [5, 5.41) is -0.256. The van der Waals surface area contributed by atoms with Gasteiger partial charge >= 0.3 is 0 Å². The lowest BCUT2D eigenvalue weighted by molar-refractivity contribution is 0.592. The number of aromatic nitrogens is 2. The van der Waals surface area contributed by atoms with Gasteiger partial charge in [-0.2, -0.15) is 0 Å². The number of nitrogens with two attached hydrogens (primary N) is 2. The van der Waals surface area contributed by atoms with Gasteiger partial charge in [-0.15, -0.1) is 0 Å². The number of hydrogen-bond donors (Lipinski definition) is 2. The Balaban J connectivity index is 2.49. The summed E-state index contributed by atoms with van der Waals surface area (Å²) in [7, 11) is -3.41. The standard InChI is InChI=1S/C8H12N4O2S/c1-15(13,14)7-11-4-5(6(9)12-7)8(10)2-3-8/h4H,2-3,10H2,1H3,(H2,9,11,12). The van der Waals surface area contributed by atoms with E-state index in [0.717, 1.165) is 19.1 Å². The van der Waals surface area contributed by atoms with Gasteiger partial charge in [0.05, 0.1) is 0 Å². The van der Waals surface area contributed by atoms with Crippen molar-refractivity contribution in [2.45, 2.75) is 23.5 Å². The first-order chi connectivity index (χ1) is 6.83. The van der Waals surface area contributed by atoms with Crippen LogP contribution >= 0.6 is 0 Å². The number of sulfone groups is 1. The average molecular weight is 228 g/mol. The number of hydrogen-bond acceptors (Lipinski definition) is 6. The molecule has 6 nitrogen and oxygen atoms in total. The van der Waals surface area contributed by atoms with Gasteiger partial charge in [-0.25, -0.2) is 18.4 Å². The lowest BCUT2D eigenvalue weighted by Crippen LogP contribution is -2.22. The van der Waals surface area contributed by atoms with E-state index in [1.54, 1.807) is 0 Å². The van der Waals surface area contributed by atoms with Gasteiger partial charge in [-0.3, -0.25) is 0 Å². The highest BCUT2D eigenvalue weighted by Gasteiger charge is 2.42. The molecule has 1 heterocycles. The molecule has 0 saturated heterocycles. The van der Waals surface area contributed by atoms with Crippen molar-refractivity contribution < 1.29 is 8.42 Å². The molecule has 4 N–H and O–H groups in total. The monoisotopic (exact) mass is 228 g/mol. The Bertz CT molecular complexity index is 507. The molecule has 0 spiro atoms. The molecule has 1 saturated carbocycles. The summed E-state index contributed by atoms with van der Waals surface area (Å²) in [6, 6.07) is 0. The van der Waals surface area contributed by atoms with E-state index in [0.29, 0.717) is 5.56 Å². The summed E-state index contributed by atoms with van der Waals surface area (Å²) in [6.07, 6.45) is 4.11. The highest BCUT2D eigenvalue weighted by molar-refractivity contribution is 7.90. The van der Waals surface area contributed by atoms with Gasteiger partial charge in [0.15, 0.2) is 0 Å². The molecule has 0 atom stereocenters. The Hall–Kier alpha value is -1.21. The Morgan fingerprint density at radius 1 is 1.47 bits per heavy atom. The van der Waals surface area contributed by atoms with Crippen LogP contribution in [0.3, 0.4) is 0 Å². The zero-order valence-corrected chi connectivity index (χ0v) is 9.08. The zero-order valence-electron chi connectivity index (χ0n) is 8.27. The molecule has 0 radical (unpaired) electrons. The van der Waals surface area contributed by atoms with Crippen LogP contribution in [0.25, 0.3) is 0 Å². The molecule has 7 heteroatoms. The third-order valence-electron chi connectivity index (χ3n) is 2.45. The number of nitrogens with zero attached hydrogens (tertiary/aromatic N) is 2. The van der Waals surface area contributed by atoms with Crippen molar-refractivity contribution in [2.75, 3.05) is 12.0 Å². The van der Waals surface area contributed by atoms with Crippen LogP contribution in [0.15, 0.2) is 11.4 Å². The lowest BCUT2D eigenvalue weighted by Gasteiger charge is -2.11. The van der Waals surface area contributed by atoms with Crippen molar-refractivity contribution in [1.82, 2.24) is 9.97 Å². The third kappa shape index (κ3) is 1.80. The Morgan fingerprint density at radius 3 is 2.47 bits per heavy atom. The number of anilines is 1. The molecule has 1 aromatic rings. The molecule has 1 aliphatic rings. The summed E-state index contributed by atoms with van der Waals surface area (Å²) in [5.74, 6) is 0.158. The number of nitrogen functional groups attached to an aromatic ring is 1. The van der Waals surface area contributed by atoms with E-state index in [4.69, 9.17) is 11.5 Å². The fraction of sp³-hybridized carbons (Fsp3) is 0.500. The average Bonchev–Trinajstić information content (AvgIpc) is 2.82. The maximum Gasteiger partial charge on any atom is 0.248 e. The SMILES string of the molecule is CS(=O)(=O)c1ncc(C2(N)CC2)c(N)n1. The van der Waals surface area contributed by atoms with Gasteiger partial charge in [-0.05, 0) is 12.8 Å². The number of rotatable bonds is 2. The fourth-order valence-corrected chi connectivity index (χ4v) is 1.85. The molecule has 0 unspecified atom stereocenters. The lowest BCUT2D eigenvalue weighted by atomic mass is 10.1. The van der Waals surface area contributed by atoms with Crippen LogP contribution in [0.5, 0.6) is 0 Å². The predicted molar refractivity (Wildman–Crippen MR) is 54.7 cm³/mol. The van der Waals surface area contributed by atoms with Crippen LogP contribution in [-0.4, -0.2) is 24.6 Å². The van der Waals surface area contributed by atoms with Crippen LogP contribution in [0, 0.1) is 0 Å². The summed E-state index contributed by atoms with van der Waals surface area (Å²) < 4.78 is 22.3. The maximum atomic E-state index is 11.1. The minimum absolute atomic E-state index is 0.158. The van der Waals surface area contributed by atoms with E-state index in [2.05, 4.69) is 9.97 Å². The zero-order chi connectivity index (χ0) is 11.3. The molecule has 0 amide bonds. The highest BCUT2D eigenvalue weighted by atomic mass is 32.2. The predicted octanol–water partition coefficient (Wildman–Crippen LogP) is -0.590. The van der Waals surface area contributed by atoms with E-state index < -0.39 is 15.4 Å². The van der Waals surface area contributed by atoms with E-state index in [1.807, 2.05) is 0 Å². The van der Waals surface area contributed by atoms with Crippen LogP contribution < -0.4 is 11.5 Å². The molecule has 15 heavy (non-hydrogen) atoms. The van der Waals surface area contributed by atoms with Gasteiger partial charge < -0.3 is 11.5 Å². The van der Waals surface area contributed by atoms with Gasteiger partial charge in [-0.1, -0.05) is 0 Å². The Kier molecular flexibility index (Phi) is 1.99. The summed E-state index contributed by atoms with van der Waals surface area (Å²) in [6.45, 7) is 0. The molecule has 0 aliphatic heterocycles. The van der Waals surface area contributed by atoms with Gasteiger partial charge in [0.2, 0.25) is 15.0 Å². The molecule has 1 aliphatic carbocycles. The molecule has 82 valence electrons. The summed E-state index contributed by atoms with van der Waals surface area (Å²) in [4.78, 5) is 7.51. The molecular weight excluding hydrogens is 216 g/mol. The van der Waals surface area contributed by atoms with Crippen molar-refractivity contribution >= 4 is 15.7 Å². The van der Waals surface area contributed by atoms with Crippen LogP contribution in [-0.2, 0) is 15.4 Å². The van der Waals surface area contributed by atoms with Crippen molar-refractivity contribution in [3.63, 3.8) is 0 Å². The topological polar surface area (TPSA) is 112 Å². The fourth-order valence-electron chi connectivity index (χ4n) is 1.34. The minimum atomic E-state index is -3.41. The van der Waals surface area contributed by atoms with Gasteiger partial charge in [0.1, 0.15) is 5.82 Å². The Morgan fingerprint density at radius 2 is 2.07 bits per heavy atom. The second-order valence-corrected chi connectivity index (χ2v) is 5.79. The smallest absolute Gasteiger partial charge is 0.248 e. The van der Waals surface area contributed by atoms with E-state index in [1.165, 1.54) is 6.20 Å². The quantitative estimate of drug-likeness (QED) is 0.654. The minimum Gasteiger partial charge on any atom is -0.383 e. The van der Waals surface area contributed by atoms with Crippen molar-refractivity contribution in [3.05, 3.63) is 11.8 Å². The first-order valence-corrected chi connectivity index (χ1v) is 6.34. The molecule has 1 aromatic heterocycles. The first kappa shape index (κ1) is 10.3. The van der Waals surface area contributed by atoms with Crippen molar-refractivity contribution in [2.24, 2.45) is 5.73 Å². The molecular formula is C8H12N4O2S. The largest absolute Gasteiger partial charge is 0.383 e. The molecule has 2 rings (SSSR count). The van der Waals surface area contributed by atoms with Crippen molar-refractivity contribution in [1.29, 1.82) is 0 Å². The van der Waals surface area contributed by atoms with E-state index in [-0.39, 0.29) is 11.0 Å². The van der Waals surface area contributed by atoms with E-state index >= 15 is 0 Å². The second kappa shape index (κ2) is 2.89. The summed E-state index contributed by atoms with van der Waals surface area (Å²) in [5.41, 5.74) is 11.8. The second-order valence-electron chi connectivity index (χ2n) is 3.88. The highest BCUT2D eigenvalue weighted by Crippen LogP contribution is 2.44. The van der Waals surface area contributed by atoms with Crippen molar-refractivity contribution in [3.8, 4) is 0 Å². The molecule has 0 bridgehead atoms. The van der Waals surface area contributed by atoms with Crippen LogP contribution in [0.1, 0.15) is 18.4 Å². The third-order valence-corrected chi connectivity index (χ3v) is 3.31. The van der Waals surface area contributed by atoms with E-state index in [9.17, 15) is 8.42 Å². The summed E-state index contributed by atoms with van der Waals surface area (Å²) >= 11 is 0. The van der Waals surface area contributed by atoms with Crippen LogP contribution in [0.2, 0.25) is 0 Å². The maximum absolute atomic E-state index is 11.1. The molecule has 1 fully saturated rings. The van der Waals surface area contributed by atoms with Gasteiger partial charge in [0, 0.05) is 23.6 Å². The molecule has 0 aromatic carbocycles. The first-order valence-electron chi connectivity index (χ1n) is 4.45. The van der Waals surface area contributed by atoms with Crippen LogP contribution in [0.4, 0.5) is 5.82 Å². The van der Waals surface area contributed by atoms with Gasteiger partial charge in [0.25, 0.3) is 0 Å². The Labute approximate surface area is 87.6 Å².